The van der Waals surface area contributed by atoms with E-state index in [1.54, 1.807) is 0 Å². The molecule has 15 heavy (non-hydrogen) atoms. The molecule has 0 aliphatic carbocycles. The normalized spacial score (nSPS) is 19.9. The van der Waals surface area contributed by atoms with Crippen LogP contribution in [0.4, 0.5) is 5.69 Å². The summed E-state index contributed by atoms with van der Waals surface area (Å²) in [6.45, 7) is 0.575. The Balaban J connectivity index is 2.44. The van der Waals surface area contributed by atoms with Crippen molar-refractivity contribution < 1.29 is 19.5 Å². The zero-order chi connectivity index (χ0) is 10.8. The van der Waals surface area contributed by atoms with Gasteiger partial charge in [0.1, 0.15) is 12.4 Å². The Morgan fingerprint density at radius 3 is 3.00 bits per heavy atom. The van der Waals surface area contributed by atoms with E-state index in [9.17, 15) is 15.2 Å². The molecule has 1 atom stereocenters. The second-order valence-electron chi connectivity index (χ2n) is 3.05. The molecule has 6 heteroatoms. The van der Waals surface area contributed by atoms with Crippen LogP contribution in [0.2, 0.25) is 0 Å². The standard InChI is InChI=1S/C9H9NO5/c11-9-7-5-6(10(12)13)1-2-8(7)14-3-4-15-9/h1-2,5,9,11H,3-4H2. The van der Waals surface area contributed by atoms with Gasteiger partial charge < -0.3 is 14.6 Å². The number of nitro groups is 1. The molecule has 0 saturated heterocycles. The summed E-state index contributed by atoms with van der Waals surface area (Å²) in [4.78, 5) is 9.99. The van der Waals surface area contributed by atoms with Crippen LogP contribution in [0.3, 0.4) is 0 Å². The molecular formula is C9H9NO5. The first kappa shape index (κ1) is 9.88. The highest BCUT2D eigenvalue weighted by molar-refractivity contribution is 5.44. The van der Waals surface area contributed by atoms with Gasteiger partial charge in [0.15, 0.2) is 6.29 Å². The van der Waals surface area contributed by atoms with E-state index in [0.29, 0.717) is 17.9 Å². The predicted octanol–water partition coefficient (Wildman–Crippen LogP) is 0.995. The van der Waals surface area contributed by atoms with Crippen molar-refractivity contribution in [3.05, 3.63) is 33.9 Å². The Morgan fingerprint density at radius 1 is 1.47 bits per heavy atom. The van der Waals surface area contributed by atoms with Crippen molar-refractivity contribution in [2.45, 2.75) is 6.29 Å². The van der Waals surface area contributed by atoms with Gasteiger partial charge in [-0.2, -0.15) is 0 Å². The zero-order valence-electron chi connectivity index (χ0n) is 7.75. The van der Waals surface area contributed by atoms with Gasteiger partial charge in [-0.15, -0.1) is 0 Å². The van der Waals surface area contributed by atoms with E-state index >= 15 is 0 Å². The third-order valence-electron chi connectivity index (χ3n) is 2.09. The third-order valence-corrected chi connectivity index (χ3v) is 2.09. The van der Waals surface area contributed by atoms with Crippen molar-refractivity contribution in [1.82, 2.24) is 0 Å². The van der Waals surface area contributed by atoms with E-state index < -0.39 is 11.2 Å². The van der Waals surface area contributed by atoms with Gasteiger partial charge >= 0.3 is 0 Å². The smallest absolute Gasteiger partial charge is 0.270 e. The van der Waals surface area contributed by atoms with Crippen LogP contribution in [-0.2, 0) is 4.74 Å². The van der Waals surface area contributed by atoms with E-state index in [1.165, 1.54) is 18.2 Å². The summed E-state index contributed by atoms with van der Waals surface area (Å²) >= 11 is 0. The van der Waals surface area contributed by atoms with Crippen molar-refractivity contribution in [2.24, 2.45) is 0 Å². The number of hydrogen-bond donors (Lipinski definition) is 1. The monoisotopic (exact) mass is 211 g/mol. The summed E-state index contributed by atoms with van der Waals surface area (Å²) in [6.07, 6.45) is -1.16. The Kier molecular flexibility index (Phi) is 2.53. The van der Waals surface area contributed by atoms with E-state index in [-0.39, 0.29) is 12.3 Å². The van der Waals surface area contributed by atoms with Crippen molar-refractivity contribution in [1.29, 1.82) is 0 Å². The fraction of sp³-hybridized carbons (Fsp3) is 0.333. The quantitative estimate of drug-likeness (QED) is 0.553. The molecule has 80 valence electrons. The van der Waals surface area contributed by atoms with Crippen LogP contribution >= 0.6 is 0 Å². The average molecular weight is 211 g/mol. The lowest BCUT2D eigenvalue weighted by Crippen LogP contribution is -2.04. The molecule has 0 bridgehead atoms. The lowest BCUT2D eigenvalue weighted by atomic mass is 10.1. The highest BCUT2D eigenvalue weighted by Gasteiger charge is 2.21. The molecule has 0 saturated carbocycles. The number of fused-ring (bicyclic) bond motifs is 1. The Labute approximate surface area is 85.2 Å². The molecule has 0 fully saturated rings. The fourth-order valence-electron chi connectivity index (χ4n) is 1.37. The summed E-state index contributed by atoms with van der Waals surface area (Å²) in [7, 11) is 0. The molecule has 1 aliphatic heterocycles. The van der Waals surface area contributed by atoms with Gasteiger partial charge in [0.2, 0.25) is 0 Å². The number of nitrogens with zero attached hydrogens (tertiary/aromatic N) is 1. The van der Waals surface area contributed by atoms with E-state index in [1.807, 2.05) is 0 Å². The Morgan fingerprint density at radius 2 is 2.27 bits per heavy atom. The highest BCUT2D eigenvalue weighted by atomic mass is 16.6. The lowest BCUT2D eigenvalue weighted by molar-refractivity contribution is -0.385. The minimum Gasteiger partial charge on any atom is -0.491 e. The Bertz CT molecular complexity index is 392. The molecule has 1 aliphatic rings. The van der Waals surface area contributed by atoms with Crippen molar-refractivity contribution in [3.8, 4) is 5.75 Å². The summed E-state index contributed by atoms with van der Waals surface area (Å²) in [6, 6.07) is 4.05. The summed E-state index contributed by atoms with van der Waals surface area (Å²) < 4.78 is 10.2. The molecule has 6 nitrogen and oxygen atoms in total. The second-order valence-corrected chi connectivity index (χ2v) is 3.05. The van der Waals surface area contributed by atoms with Gasteiger partial charge in [-0.1, -0.05) is 0 Å². The van der Waals surface area contributed by atoms with Crippen LogP contribution in [0.25, 0.3) is 0 Å². The zero-order valence-corrected chi connectivity index (χ0v) is 7.75. The first-order valence-corrected chi connectivity index (χ1v) is 4.39. The summed E-state index contributed by atoms with van der Waals surface area (Å²) in [5.41, 5.74) is 0.198. The van der Waals surface area contributed by atoms with Gasteiger partial charge in [-0.3, -0.25) is 10.1 Å². The first-order chi connectivity index (χ1) is 7.18. The van der Waals surface area contributed by atoms with Gasteiger partial charge in [0.05, 0.1) is 17.1 Å². The average Bonchev–Trinajstić information content (AvgIpc) is 2.40. The molecule has 0 radical (unpaired) electrons. The molecule has 2 rings (SSSR count). The number of rotatable bonds is 1. The number of hydrogen-bond acceptors (Lipinski definition) is 5. The fourth-order valence-corrected chi connectivity index (χ4v) is 1.37. The number of non-ortho nitro benzene ring substituents is 1. The molecule has 1 unspecified atom stereocenters. The molecule has 0 amide bonds. The Hall–Kier alpha value is -1.66. The first-order valence-electron chi connectivity index (χ1n) is 4.39. The van der Waals surface area contributed by atoms with Crippen LogP contribution < -0.4 is 4.74 Å². The summed E-state index contributed by atoms with van der Waals surface area (Å²) in [5, 5.41) is 20.0. The van der Waals surface area contributed by atoms with Gasteiger partial charge in [-0.05, 0) is 6.07 Å². The van der Waals surface area contributed by atoms with Gasteiger partial charge in [-0.25, -0.2) is 0 Å². The van der Waals surface area contributed by atoms with Crippen LogP contribution in [0.1, 0.15) is 11.9 Å². The van der Waals surface area contributed by atoms with Crippen molar-refractivity contribution >= 4 is 5.69 Å². The highest BCUT2D eigenvalue weighted by Crippen LogP contribution is 2.31. The lowest BCUT2D eigenvalue weighted by Gasteiger charge is -2.09. The maximum atomic E-state index is 10.5. The van der Waals surface area contributed by atoms with Crippen LogP contribution in [0.5, 0.6) is 5.75 Å². The molecule has 1 N–H and O–H groups in total. The molecule has 1 aromatic carbocycles. The second kappa shape index (κ2) is 3.84. The topological polar surface area (TPSA) is 81.8 Å². The van der Waals surface area contributed by atoms with Crippen LogP contribution in [0, 0.1) is 10.1 Å². The number of aliphatic hydroxyl groups excluding tert-OH is 1. The largest absolute Gasteiger partial charge is 0.491 e. The SMILES string of the molecule is O=[N+]([O-])c1ccc2c(c1)C(O)OCCO2. The van der Waals surface area contributed by atoms with Gasteiger partial charge in [0.25, 0.3) is 5.69 Å². The minimum atomic E-state index is -1.16. The van der Waals surface area contributed by atoms with Gasteiger partial charge in [0, 0.05) is 12.1 Å². The van der Waals surface area contributed by atoms with Crippen LogP contribution in [0.15, 0.2) is 18.2 Å². The van der Waals surface area contributed by atoms with Crippen LogP contribution in [-0.4, -0.2) is 23.2 Å². The third kappa shape index (κ3) is 1.90. The van der Waals surface area contributed by atoms with Crippen molar-refractivity contribution in [2.75, 3.05) is 13.2 Å². The maximum Gasteiger partial charge on any atom is 0.270 e. The summed E-state index contributed by atoms with van der Waals surface area (Å²) in [5.74, 6) is 0.422. The predicted molar refractivity (Wildman–Crippen MR) is 49.5 cm³/mol. The number of benzene rings is 1. The molecule has 0 spiro atoms. The molecule has 0 aromatic heterocycles. The number of aliphatic hydroxyl groups is 1. The maximum absolute atomic E-state index is 10.5. The number of nitro benzene ring substituents is 1. The molecule has 1 aromatic rings. The minimum absolute atomic E-state index is 0.0955. The molecule has 1 heterocycles. The van der Waals surface area contributed by atoms with E-state index in [2.05, 4.69) is 0 Å². The molecular weight excluding hydrogens is 202 g/mol. The van der Waals surface area contributed by atoms with E-state index in [0.717, 1.165) is 0 Å². The van der Waals surface area contributed by atoms with Crippen molar-refractivity contribution in [3.63, 3.8) is 0 Å². The number of ether oxygens (including phenoxy) is 2. The van der Waals surface area contributed by atoms with E-state index in [4.69, 9.17) is 9.47 Å².